The van der Waals surface area contributed by atoms with Gasteiger partial charge in [-0.25, -0.2) is 0 Å². The molecule has 1 aromatic heterocycles. The van der Waals surface area contributed by atoms with Gasteiger partial charge in [-0.3, -0.25) is 9.59 Å². The lowest BCUT2D eigenvalue weighted by molar-refractivity contribution is -0.150. The summed E-state index contributed by atoms with van der Waals surface area (Å²) < 4.78 is 0. The molecule has 1 atom stereocenters. The fourth-order valence-electron chi connectivity index (χ4n) is 6.17. The van der Waals surface area contributed by atoms with Crippen LogP contribution in [0.4, 0.5) is 0 Å². The topological polar surface area (TPSA) is 49.4 Å². The van der Waals surface area contributed by atoms with Crippen LogP contribution in [0.25, 0.3) is 0 Å². The standard InChI is InChI=1S/C22H32N2O2S/c1-14(2)19(20(25)24(3)12-15-4-5-27-13-15)23-21(26)22-9-16-6-17(10-22)8-18(7-16)11-22/h4-5,13-14,16-19H,6-12H2,1-3H3,(H,23,26). The minimum Gasteiger partial charge on any atom is -0.344 e. The van der Waals surface area contributed by atoms with E-state index in [1.54, 1.807) is 16.2 Å². The third kappa shape index (κ3) is 3.67. The van der Waals surface area contributed by atoms with Crippen LogP contribution in [0, 0.1) is 29.1 Å². The highest BCUT2D eigenvalue weighted by molar-refractivity contribution is 7.07. The molecule has 1 aromatic rings. The van der Waals surface area contributed by atoms with Crippen LogP contribution >= 0.6 is 11.3 Å². The number of carbonyl (C=O) groups is 2. The van der Waals surface area contributed by atoms with E-state index >= 15 is 0 Å². The second-order valence-electron chi connectivity index (χ2n) is 9.72. The van der Waals surface area contributed by atoms with Crippen molar-refractivity contribution in [1.29, 1.82) is 0 Å². The van der Waals surface area contributed by atoms with E-state index in [4.69, 9.17) is 0 Å². The summed E-state index contributed by atoms with van der Waals surface area (Å²) in [6, 6.07) is 1.61. The van der Waals surface area contributed by atoms with Crippen molar-refractivity contribution >= 4 is 23.2 Å². The summed E-state index contributed by atoms with van der Waals surface area (Å²) >= 11 is 1.64. The van der Waals surface area contributed by atoms with E-state index < -0.39 is 6.04 Å². The summed E-state index contributed by atoms with van der Waals surface area (Å²) in [4.78, 5) is 28.2. The van der Waals surface area contributed by atoms with Crippen LogP contribution < -0.4 is 5.32 Å². The van der Waals surface area contributed by atoms with Crippen molar-refractivity contribution in [3.63, 3.8) is 0 Å². The zero-order chi connectivity index (χ0) is 19.2. The molecule has 2 amide bonds. The van der Waals surface area contributed by atoms with Crippen molar-refractivity contribution in [1.82, 2.24) is 10.2 Å². The highest BCUT2D eigenvalue weighted by atomic mass is 32.1. The van der Waals surface area contributed by atoms with E-state index in [9.17, 15) is 9.59 Å². The fourth-order valence-corrected chi connectivity index (χ4v) is 6.83. The SMILES string of the molecule is CC(C)C(NC(=O)C12CC3CC(CC(C3)C1)C2)C(=O)N(C)Cc1ccsc1. The Morgan fingerprint density at radius 3 is 2.26 bits per heavy atom. The van der Waals surface area contributed by atoms with Crippen molar-refractivity contribution in [3.05, 3.63) is 22.4 Å². The maximum absolute atomic E-state index is 13.4. The van der Waals surface area contributed by atoms with Gasteiger partial charge in [-0.05, 0) is 84.6 Å². The van der Waals surface area contributed by atoms with Gasteiger partial charge in [0.2, 0.25) is 11.8 Å². The van der Waals surface area contributed by atoms with Crippen LogP contribution in [0.3, 0.4) is 0 Å². The van der Waals surface area contributed by atoms with Gasteiger partial charge in [-0.15, -0.1) is 0 Å². The van der Waals surface area contributed by atoms with Crippen molar-refractivity contribution in [2.75, 3.05) is 7.05 Å². The lowest BCUT2D eigenvalue weighted by atomic mass is 9.49. The second-order valence-corrected chi connectivity index (χ2v) is 10.5. The molecule has 1 N–H and O–H groups in total. The van der Waals surface area contributed by atoms with Crippen molar-refractivity contribution < 1.29 is 9.59 Å². The Morgan fingerprint density at radius 1 is 1.19 bits per heavy atom. The van der Waals surface area contributed by atoms with Gasteiger partial charge in [0.15, 0.2) is 0 Å². The minimum absolute atomic E-state index is 0.0225. The first-order valence-corrected chi connectivity index (χ1v) is 11.4. The Hall–Kier alpha value is -1.36. The van der Waals surface area contributed by atoms with E-state index in [-0.39, 0.29) is 23.1 Å². The van der Waals surface area contributed by atoms with E-state index in [0.29, 0.717) is 6.54 Å². The van der Waals surface area contributed by atoms with E-state index in [0.717, 1.165) is 42.6 Å². The molecule has 27 heavy (non-hydrogen) atoms. The van der Waals surface area contributed by atoms with Crippen molar-refractivity contribution in [2.24, 2.45) is 29.1 Å². The molecule has 0 radical (unpaired) electrons. The molecule has 4 nitrogen and oxygen atoms in total. The summed E-state index contributed by atoms with van der Waals surface area (Å²) in [5.41, 5.74) is 0.944. The monoisotopic (exact) mass is 388 g/mol. The molecule has 4 bridgehead atoms. The van der Waals surface area contributed by atoms with E-state index in [1.165, 1.54) is 19.3 Å². The average molecular weight is 389 g/mol. The van der Waals surface area contributed by atoms with E-state index in [1.807, 2.05) is 32.3 Å². The zero-order valence-corrected chi connectivity index (χ0v) is 17.6. The first-order valence-electron chi connectivity index (χ1n) is 10.4. The molecule has 5 rings (SSSR count). The Labute approximate surface area is 166 Å². The predicted octanol–water partition coefficient (Wildman–Crippen LogP) is 4.06. The molecule has 148 valence electrons. The van der Waals surface area contributed by atoms with Gasteiger partial charge >= 0.3 is 0 Å². The number of rotatable bonds is 6. The number of nitrogens with one attached hydrogen (secondary N) is 1. The van der Waals surface area contributed by atoms with Gasteiger partial charge in [0, 0.05) is 19.0 Å². The van der Waals surface area contributed by atoms with Crippen molar-refractivity contribution in [2.45, 2.75) is 65.0 Å². The molecule has 0 saturated heterocycles. The molecule has 0 aromatic carbocycles. The average Bonchev–Trinajstić information content (AvgIpc) is 3.10. The van der Waals surface area contributed by atoms with Crippen LogP contribution in [-0.4, -0.2) is 29.8 Å². The molecule has 1 unspecified atom stereocenters. The smallest absolute Gasteiger partial charge is 0.245 e. The molecule has 4 aliphatic carbocycles. The summed E-state index contributed by atoms with van der Waals surface area (Å²) in [6.45, 7) is 4.65. The number of amides is 2. The molecule has 4 fully saturated rings. The maximum Gasteiger partial charge on any atom is 0.245 e. The van der Waals surface area contributed by atoms with Crippen LogP contribution in [-0.2, 0) is 16.1 Å². The number of likely N-dealkylation sites (N-methyl/N-ethyl adjacent to an activating group) is 1. The number of hydrogen-bond acceptors (Lipinski definition) is 3. The Balaban J connectivity index is 1.45. The number of thiophene rings is 1. The first-order chi connectivity index (χ1) is 12.9. The third-order valence-electron chi connectivity index (χ3n) is 7.12. The summed E-state index contributed by atoms with van der Waals surface area (Å²) in [7, 11) is 1.84. The lowest BCUT2D eigenvalue weighted by Crippen LogP contribution is -2.58. The highest BCUT2D eigenvalue weighted by Gasteiger charge is 2.55. The predicted molar refractivity (Wildman–Crippen MR) is 108 cm³/mol. The Morgan fingerprint density at radius 2 is 1.78 bits per heavy atom. The molecule has 1 heterocycles. The summed E-state index contributed by atoms with van der Waals surface area (Å²) in [5, 5.41) is 7.31. The molecule has 0 spiro atoms. The first kappa shape index (κ1) is 19.0. The Kier molecular flexibility index (Phi) is 5.08. The normalized spacial score (nSPS) is 32.5. The van der Waals surface area contributed by atoms with Crippen LogP contribution in [0.2, 0.25) is 0 Å². The maximum atomic E-state index is 13.4. The number of nitrogens with zero attached hydrogens (tertiary/aromatic N) is 1. The second kappa shape index (κ2) is 7.23. The molecular weight excluding hydrogens is 356 g/mol. The van der Waals surface area contributed by atoms with Crippen LogP contribution in [0.5, 0.6) is 0 Å². The zero-order valence-electron chi connectivity index (χ0n) is 16.7. The molecule has 0 aliphatic heterocycles. The highest BCUT2D eigenvalue weighted by Crippen LogP contribution is 2.60. The largest absolute Gasteiger partial charge is 0.344 e. The third-order valence-corrected chi connectivity index (χ3v) is 7.85. The van der Waals surface area contributed by atoms with E-state index in [2.05, 4.69) is 10.7 Å². The summed E-state index contributed by atoms with van der Waals surface area (Å²) in [6.07, 6.45) is 7.07. The minimum atomic E-state index is -0.436. The quantitative estimate of drug-likeness (QED) is 0.799. The summed E-state index contributed by atoms with van der Waals surface area (Å²) in [5.74, 6) is 2.46. The number of hydrogen-bond donors (Lipinski definition) is 1. The van der Waals surface area contributed by atoms with Gasteiger partial charge in [-0.1, -0.05) is 13.8 Å². The van der Waals surface area contributed by atoms with Gasteiger partial charge < -0.3 is 10.2 Å². The van der Waals surface area contributed by atoms with Gasteiger partial charge in [0.25, 0.3) is 0 Å². The van der Waals surface area contributed by atoms with Gasteiger partial charge in [0.05, 0.1) is 0 Å². The lowest BCUT2D eigenvalue weighted by Gasteiger charge is -2.56. The molecule has 4 saturated carbocycles. The molecule has 4 aliphatic rings. The van der Waals surface area contributed by atoms with Crippen molar-refractivity contribution in [3.8, 4) is 0 Å². The van der Waals surface area contributed by atoms with Crippen LogP contribution in [0.15, 0.2) is 16.8 Å². The Bertz CT molecular complexity index is 662. The van der Waals surface area contributed by atoms with Crippen LogP contribution in [0.1, 0.15) is 57.9 Å². The van der Waals surface area contributed by atoms with Gasteiger partial charge in [-0.2, -0.15) is 11.3 Å². The molecule has 5 heteroatoms. The van der Waals surface area contributed by atoms with Gasteiger partial charge in [0.1, 0.15) is 6.04 Å². The fraction of sp³-hybridized carbons (Fsp3) is 0.727. The number of carbonyl (C=O) groups excluding carboxylic acids is 2. The molecular formula is C22H32N2O2S.